The van der Waals surface area contributed by atoms with Gasteiger partial charge in [-0.15, -0.1) is 11.3 Å². The highest BCUT2D eigenvalue weighted by molar-refractivity contribution is 9.10. The fourth-order valence-electron chi connectivity index (χ4n) is 3.01. The molecule has 0 saturated heterocycles. The Bertz CT molecular complexity index is 1070. The minimum absolute atomic E-state index is 0.192. The van der Waals surface area contributed by atoms with Gasteiger partial charge in [0.15, 0.2) is 0 Å². The number of nitrogens with one attached hydrogen (secondary N) is 2. The lowest BCUT2D eigenvalue weighted by atomic mass is 9.93. The minimum Gasteiger partial charge on any atom is -0.466 e. The van der Waals surface area contributed by atoms with E-state index < -0.39 is 10.0 Å². The minimum atomic E-state index is -3.40. The molecule has 0 aliphatic carbocycles. The highest BCUT2D eigenvalue weighted by Crippen LogP contribution is 2.39. The number of esters is 1. The van der Waals surface area contributed by atoms with Crippen LogP contribution in [0.5, 0.6) is 0 Å². The van der Waals surface area contributed by atoms with E-state index in [4.69, 9.17) is 4.74 Å². The first-order valence-corrected chi connectivity index (χ1v) is 11.8. The van der Waals surface area contributed by atoms with Gasteiger partial charge in [0.05, 0.1) is 30.5 Å². The van der Waals surface area contributed by atoms with Gasteiger partial charge in [-0.25, -0.2) is 8.42 Å². The van der Waals surface area contributed by atoms with Crippen molar-refractivity contribution in [3.63, 3.8) is 0 Å². The van der Waals surface area contributed by atoms with Crippen molar-refractivity contribution in [2.24, 2.45) is 0 Å². The molecular weight excluding hydrogens is 452 g/mol. The van der Waals surface area contributed by atoms with E-state index in [2.05, 4.69) is 25.6 Å². The number of H-pyrrole nitrogens is 1. The second-order valence-corrected chi connectivity index (χ2v) is 9.68. The fourth-order valence-corrected chi connectivity index (χ4v) is 5.14. The number of thiophene rings is 1. The molecule has 2 N–H and O–H groups in total. The van der Waals surface area contributed by atoms with E-state index in [1.807, 2.05) is 23.7 Å². The van der Waals surface area contributed by atoms with Gasteiger partial charge in [0, 0.05) is 32.2 Å². The fraction of sp³-hybridized carbons (Fsp3) is 0.278. The Hall–Kier alpha value is -1.84. The monoisotopic (exact) mass is 470 g/mol. The quantitative estimate of drug-likeness (QED) is 0.499. The predicted octanol–water partition coefficient (Wildman–Crippen LogP) is 4.45. The molecule has 0 aliphatic rings. The summed E-state index contributed by atoms with van der Waals surface area (Å²) >= 11 is 5.02. The van der Waals surface area contributed by atoms with Crippen molar-refractivity contribution in [3.8, 4) is 0 Å². The number of carbonyl (C=O) groups is 1. The van der Waals surface area contributed by atoms with E-state index in [0.717, 1.165) is 26.6 Å². The summed E-state index contributed by atoms with van der Waals surface area (Å²) in [5.41, 5.74) is 2.08. The van der Waals surface area contributed by atoms with Gasteiger partial charge >= 0.3 is 5.97 Å². The Morgan fingerprint density at radius 3 is 2.81 bits per heavy atom. The van der Waals surface area contributed by atoms with E-state index in [1.165, 1.54) is 0 Å². The Morgan fingerprint density at radius 2 is 2.19 bits per heavy atom. The maximum absolute atomic E-state index is 12.2. The molecule has 0 aliphatic heterocycles. The molecule has 0 amide bonds. The van der Waals surface area contributed by atoms with Gasteiger partial charge in [0.25, 0.3) is 0 Å². The number of hydrogen-bond donors (Lipinski definition) is 2. The molecule has 1 unspecified atom stereocenters. The Labute approximate surface area is 170 Å². The number of rotatable bonds is 7. The van der Waals surface area contributed by atoms with Gasteiger partial charge in [-0.1, -0.05) is 12.1 Å². The van der Waals surface area contributed by atoms with Crippen LogP contribution in [0.2, 0.25) is 0 Å². The van der Waals surface area contributed by atoms with Gasteiger partial charge in [0.1, 0.15) is 0 Å². The van der Waals surface area contributed by atoms with Crippen LogP contribution in [-0.4, -0.2) is 32.2 Å². The first-order valence-electron chi connectivity index (χ1n) is 8.26. The van der Waals surface area contributed by atoms with Crippen LogP contribution < -0.4 is 4.72 Å². The molecule has 6 nitrogen and oxygen atoms in total. The van der Waals surface area contributed by atoms with Gasteiger partial charge in [-0.3, -0.25) is 9.52 Å². The van der Waals surface area contributed by atoms with Crippen LogP contribution in [0.3, 0.4) is 0 Å². The van der Waals surface area contributed by atoms with Crippen LogP contribution in [0.4, 0.5) is 5.69 Å². The van der Waals surface area contributed by atoms with Crippen LogP contribution in [0.25, 0.3) is 10.9 Å². The molecule has 9 heteroatoms. The zero-order chi connectivity index (χ0) is 19.6. The number of sulfonamides is 1. The second kappa shape index (κ2) is 8.04. The van der Waals surface area contributed by atoms with E-state index >= 15 is 0 Å². The Balaban J connectivity index is 2.08. The van der Waals surface area contributed by atoms with Gasteiger partial charge in [-0.05, 0) is 40.5 Å². The standard InChI is InChI=1S/C18H19BrN2O4S2/c1-3-25-17(22)8-13(16-7-11(19)10-26-16)14-9-20-18-12(14)5-4-6-15(18)21-27(2,23)24/h4-7,9-10,13,20-21H,3,8H2,1-2H3. The molecule has 0 bridgehead atoms. The number of para-hydroxylation sites is 1. The normalized spacial score (nSPS) is 12.9. The lowest BCUT2D eigenvalue weighted by Crippen LogP contribution is -2.11. The van der Waals surface area contributed by atoms with Gasteiger partial charge < -0.3 is 9.72 Å². The van der Waals surface area contributed by atoms with Crippen molar-refractivity contribution in [2.45, 2.75) is 19.3 Å². The summed E-state index contributed by atoms with van der Waals surface area (Å²) in [6, 6.07) is 7.39. The average Bonchev–Trinajstić information content (AvgIpc) is 3.19. The summed E-state index contributed by atoms with van der Waals surface area (Å²) in [6.45, 7) is 2.11. The predicted molar refractivity (Wildman–Crippen MR) is 112 cm³/mol. The molecule has 0 fully saturated rings. The van der Waals surface area contributed by atoms with Crippen molar-refractivity contribution in [1.82, 2.24) is 4.98 Å². The van der Waals surface area contributed by atoms with E-state index in [1.54, 1.807) is 30.4 Å². The van der Waals surface area contributed by atoms with Crippen molar-refractivity contribution in [3.05, 3.63) is 50.8 Å². The van der Waals surface area contributed by atoms with Gasteiger partial charge in [0.2, 0.25) is 10.0 Å². The van der Waals surface area contributed by atoms with Crippen molar-refractivity contribution in [2.75, 3.05) is 17.6 Å². The third kappa shape index (κ3) is 4.72. The van der Waals surface area contributed by atoms with Crippen LogP contribution in [0.15, 0.2) is 40.3 Å². The number of ether oxygens (including phenoxy) is 1. The van der Waals surface area contributed by atoms with Gasteiger partial charge in [-0.2, -0.15) is 0 Å². The average molecular weight is 471 g/mol. The molecule has 0 saturated carbocycles. The number of aromatic amines is 1. The first-order chi connectivity index (χ1) is 12.8. The lowest BCUT2D eigenvalue weighted by Gasteiger charge is -2.14. The molecule has 144 valence electrons. The second-order valence-electron chi connectivity index (χ2n) is 6.08. The number of anilines is 1. The number of fused-ring (bicyclic) bond motifs is 1. The maximum atomic E-state index is 12.2. The third-order valence-corrected chi connectivity index (χ3v) is 6.42. The first kappa shape index (κ1) is 19.9. The van der Waals surface area contributed by atoms with Crippen molar-refractivity contribution in [1.29, 1.82) is 0 Å². The third-order valence-electron chi connectivity index (χ3n) is 4.03. The lowest BCUT2D eigenvalue weighted by molar-refractivity contribution is -0.143. The molecule has 3 aromatic rings. The van der Waals surface area contributed by atoms with Crippen LogP contribution in [0.1, 0.15) is 29.7 Å². The molecular formula is C18H19BrN2O4S2. The SMILES string of the molecule is CCOC(=O)CC(c1cc(Br)cs1)c1c[nH]c2c(NS(C)(=O)=O)cccc12. The molecule has 1 atom stereocenters. The maximum Gasteiger partial charge on any atom is 0.306 e. The summed E-state index contributed by atoms with van der Waals surface area (Å²) in [5.74, 6) is -0.464. The largest absolute Gasteiger partial charge is 0.466 e. The summed E-state index contributed by atoms with van der Waals surface area (Å²) in [5, 5.41) is 2.83. The molecule has 2 aromatic heterocycles. The van der Waals surface area contributed by atoms with E-state index in [9.17, 15) is 13.2 Å². The molecule has 1 aromatic carbocycles. The zero-order valence-electron chi connectivity index (χ0n) is 14.8. The zero-order valence-corrected chi connectivity index (χ0v) is 18.0. The van der Waals surface area contributed by atoms with E-state index in [-0.39, 0.29) is 18.3 Å². The highest BCUT2D eigenvalue weighted by Gasteiger charge is 2.24. The van der Waals surface area contributed by atoms with Crippen molar-refractivity contribution < 1.29 is 17.9 Å². The van der Waals surface area contributed by atoms with Crippen LogP contribution >= 0.6 is 27.3 Å². The molecule has 27 heavy (non-hydrogen) atoms. The van der Waals surface area contributed by atoms with Crippen LogP contribution in [0, 0.1) is 0 Å². The molecule has 2 heterocycles. The van der Waals surface area contributed by atoms with E-state index in [0.29, 0.717) is 17.8 Å². The molecule has 0 radical (unpaired) electrons. The van der Waals surface area contributed by atoms with Crippen LogP contribution in [-0.2, 0) is 19.6 Å². The Morgan fingerprint density at radius 1 is 1.41 bits per heavy atom. The highest BCUT2D eigenvalue weighted by atomic mass is 79.9. The topological polar surface area (TPSA) is 88.3 Å². The number of carbonyl (C=O) groups excluding carboxylic acids is 1. The molecule has 0 spiro atoms. The number of aromatic nitrogens is 1. The number of benzene rings is 1. The summed E-state index contributed by atoms with van der Waals surface area (Å²) in [4.78, 5) is 16.4. The summed E-state index contributed by atoms with van der Waals surface area (Å²) < 4.78 is 31.9. The Kier molecular flexibility index (Phi) is 5.92. The number of halogens is 1. The molecule has 3 rings (SSSR count). The number of hydrogen-bond acceptors (Lipinski definition) is 5. The summed E-state index contributed by atoms with van der Waals surface area (Å²) in [6.07, 6.45) is 3.15. The smallest absolute Gasteiger partial charge is 0.306 e. The van der Waals surface area contributed by atoms with Crippen molar-refractivity contribution >= 4 is 59.8 Å². The summed E-state index contributed by atoms with van der Waals surface area (Å²) in [7, 11) is -3.40.